The number of hydrogen-bond donors (Lipinski definition) is 0. The number of fused-ring (bicyclic) bond motifs is 4. The summed E-state index contributed by atoms with van der Waals surface area (Å²) in [6.07, 6.45) is 0. The van der Waals surface area contributed by atoms with E-state index >= 15 is 0 Å². The van der Waals surface area contributed by atoms with E-state index in [1.165, 1.54) is 0 Å². The third-order valence-electron chi connectivity index (χ3n) is 4.44. The van der Waals surface area contributed by atoms with Crippen LogP contribution in [0.4, 0.5) is 5.69 Å². The maximum Gasteiger partial charge on any atom is 0.260 e. The molecule has 2 heterocycles. The standard InChI is InChI=1S/C18H16N2O3/c1-10-13-8-15(22-2)16(23-3)9-14(13)19-17-11-6-4-5-7-12(11)18(21)20(10)17/h4-10H,1-3H3. The highest BCUT2D eigenvalue weighted by molar-refractivity contribution is 6.24. The molecule has 2 aromatic rings. The van der Waals surface area contributed by atoms with Gasteiger partial charge in [0.25, 0.3) is 5.91 Å². The second-order valence-electron chi connectivity index (χ2n) is 5.60. The van der Waals surface area contributed by atoms with Gasteiger partial charge in [0, 0.05) is 17.2 Å². The normalized spacial score (nSPS) is 18.0. The molecule has 1 amide bonds. The van der Waals surface area contributed by atoms with Gasteiger partial charge in [-0.2, -0.15) is 0 Å². The topological polar surface area (TPSA) is 51.1 Å². The Hall–Kier alpha value is -2.82. The van der Waals surface area contributed by atoms with Crippen molar-refractivity contribution in [3.63, 3.8) is 0 Å². The fraction of sp³-hybridized carbons (Fsp3) is 0.222. The Kier molecular flexibility index (Phi) is 2.91. The molecule has 0 aliphatic carbocycles. The molecule has 23 heavy (non-hydrogen) atoms. The molecule has 0 saturated carbocycles. The number of aliphatic imine (C=N–C) groups is 1. The van der Waals surface area contributed by atoms with Crippen molar-refractivity contribution in [3.05, 3.63) is 53.1 Å². The lowest BCUT2D eigenvalue weighted by molar-refractivity contribution is 0.0822. The van der Waals surface area contributed by atoms with Crippen LogP contribution in [0.5, 0.6) is 11.5 Å². The Balaban J connectivity index is 1.95. The molecule has 1 atom stereocenters. The molecule has 0 aromatic heterocycles. The second kappa shape index (κ2) is 4.84. The molecule has 2 aromatic carbocycles. The number of ether oxygens (including phenoxy) is 2. The minimum absolute atomic E-state index is 0.00714. The highest BCUT2D eigenvalue weighted by atomic mass is 16.5. The summed E-state index contributed by atoms with van der Waals surface area (Å²) in [5.41, 5.74) is 3.34. The van der Waals surface area contributed by atoms with Crippen molar-refractivity contribution in [1.82, 2.24) is 4.90 Å². The van der Waals surface area contributed by atoms with Crippen LogP contribution in [0.1, 0.15) is 34.5 Å². The molecule has 2 aliphatic rings. The number of amidine groups is 1. The first-order chi connectivity index (χ1) is 11.2. The molecule has 0 fully saturated rings. The van der Waals surface area contributed by atoms with Gasteiger partial charge in [0.05, 0.1) is 31.5 Å². The van der Waals surface area contributed by atoms with Gasteiger partial charge in [0.2, 0.25) is 0 Å². The van der Waals surface area contributed by atoms with Crippen molar-refractivity contribution in [1.29, 1.82) is 0 Å². The largest absolute Gasteiger partial charge is 0.493 e. The van der Waals surface area contributed by atoms with Gasteiger partial charge in [0.1, 0.15) is 5.84 Å². The molecule has 0 saturated heterocycles. The molecule has 0 radical (unpaired) electrons. The number of nitrogens with zero attached hydrogens (tertiary/aromatic N) is 2. The molecule has 5 nitrogen and oxygen atoms in total. The summed E-state index contributed by atoms with van der Waals surface area (Å²) in [5.74, 6) is 1.97. The van der Waals surface area contributed by atoms with Crippen LogP contribution in [0.3, 0.4) is 0 Å². The smallest absolute Gasteiger partial charge is 0.260 e. The first kappa shape index (κ1) is 13.8. The summed E-state index contributed by atoms with van der Waals surface area (Å²) in [6.45, 7) is 2.00. The van der Waals surface area contributed by atoms with E-state index in [4.69, 9.17) is 14.5 Å². The Bertz CT molecular complexity index is 857. The number of rotatable bonds is 2. The quantitative estimate of drug-likeness (QED) is 0.855. The average molecular weight is 308 g/mol. The van der Waals surface area contributed by atoms with Gasteiger partial charge in [-0.05, 0) is 19.1 Å². The Morgan fingerprint density at radius 3 is 2.39 bits per heavy atom. The van der Waals surface area contributed by atoms with Crippen LogP contribution in [0.15, 0.2) is 41.4 Å². The van der Waals surface area contributed by atoms with E-state index in [9.17, 15) is 4.79 Å². The van der Waals surface area contributed by atoms with Crippen LogP contribution in [0, 0.1) is 0 Å². The number of hydrogen-bond acceptors (Lipinski definition) is 4. The molecule has 2 aliphatic heterocycles. The summed E-state index contributed by atoms with van der Waals surface area (Å²) >= 11 is 0. The number of amides is 1. The zero-order valence-electron chi connectivity index (χ0n) is 13.2. The minimum Gasteiger partial charge on any atom is -0.493 e. The van der Waals surface area contributed by atoms with E-state index in [0.717, 1.165) is 16.8 Å². The highest BCUT2D eigenvalue weighted by Gasteiger charge is 2.40. The minimum atomic E-state index is -0.114. The molecule has 0 N–H and O–H groups in total. The van der Waals surface area contributed by atoms with Gasteiger partial charge < -0.3 is 9.47 Å². The van der Waals surface area contributed by atoms with Crippen LogP contribution in [0.25, 0.3) is 0 Å². The molecule has 116 valence electrons. The van der Waals surface area contributed by atoms with Gasteiger partial charge in [-0.15, -0.1) is 0 Å². The summed E-state index contributed by atoms with van der Waals surface area (Å²) < 4.78 is 10.7. The predicted molar refractivity (Wildman–Crippen MR) is 86.8 cm³/mol. The molecule has 1 unspecified atom stereocenters. The first-order valence-electron chi connectivity index (χ1n) is 7.43. The van der Waals surface area contributed by atoms with E-state index in [-0.39, 0.29) is 11.9 Å². The van der Waals surface area contributed by atoms with Crippen LogP contribution in [0.2, 0.25) is 0 Å². The van der Waals surface area contributed by atoms with Gasteiger partial charge in [-0.25, -0.2) is 4.99 Å². The highest BCUT2D eigenvalue weighted by Crippen LogP contribution is 2.45. The predicted octanol–water partition coefficient (Wildman–Crippen LogP) is 3.31. The van der Waals surface area contributed by atoms with Crippen LogP contribution < -0.4 is 9.47 Å². The summed E-state index contributed by atoms with van der Waals surface area (Å²) in [7, 11) is 3.20. The van der Waals surface area contributed by atoms with Gasteiger partial charge in [0.15, 0.2) is 11.5 Å². The lowest BCUT2D eigenvalue weighted by Gasteiger charge is -2.31. The number of benzene rings is 2. The number of carbonyl (C=O) groups is 1. The van der Waals surface area contributed by atoms with Crippen molar-refractivity contribution < 1.29 is 14.3 Å². The van der Waals surface area contributed by atoms with E-state index < -0.39 is 0 Å². The zero-order chi connectivity index (χ0) is 16.1. The molecular formula is C18H16N2O3. The van der Waals surface area contributed by atoms with E-state index in [1.807, 2.05) is 43.3 Å². The van der Waals surface area contributed by atoms with Crippen molar-refractivity contribution in [2.75, 3.05) is 14.2 Å². The third kappa shape index (κ3) is 1.79. The van der Waals surface area contributed by atoms with Gasteiger partial charge >= 0.3 is 0 Å². The molecule has 0 spiro atoms. The summed E-state index contributed by atoms with van der Waals surface area (Å²) in [6, 6.07) is 11.2. The lowest BCUT2D eigenvalue weighted by Crippen LogP contribution is -2.35. The SMILES string of the molecule is COc1cc2c(cc1OC)C(C)N1C(=O)c3ccccc3C1=N2. The van der Waals surface area contributed by atoms with E-state index in [1.54, 1.807) is 19.1 Å². The molecule has 5 heteroatoms. The van der Waals surface area contributed by atoms with Crippen molar-refractivity contribution in [3.8, 4) is 11.5 Å². The fourth-order valence-electron chi connectivity index (χ4n) is 3.26. The second-order valence-corrected chi connectivity index (χ2v) is 5.60. The zero-order valence-corrected chi connectivity index (χ0v) is 13.2. The number of carbonyl (C=O) groups excluding carboxylic acids is 1. The molecular weight excluding hydrogens is 292 g/mol. The Morgan fingerprint density at radius 1 is 1.04 bits per heavy atom. The van der Waals surface area contributed by atoms with Crippen LogP contribution >= 0.6 is 0 Å². The Labute approximate surface area is 134 Å². The van der Waals surface area contributed by atoms with Crippen molar-refractivity contribution >= 4 is 17.4 Å². The maximum absolute atomic E-state index is 12.7. The third-order valence-corrected chi connectivity index (χ3v) is 4.44. The van der Waals surface area contributed by atoms with Gasteiger partial charge in [-0.1, -0.05) is 18.2 Å². The summed E-state index contributed by atoms with van der Waals surface area (Å²) in [5, 5.41) is 0. The lowest BCUT2D eigenvalue weighted by atomic mass is 10.0. The Morgan fingerprint density at radius 2 is 1.70 bits per heavy atom. The van der Waals surface area contributed by atoms with Crippen LogP contribution in [-0.4, -0.2) is 30.9 Å². The van der Waals surface area contributed by atoms with E-state index in [2.05, 4.69) is 0 Å². The number of methoxy groups -OCH3 is 2. The van der Waals surface area contributed by atoms with E-state index in [0.29, 0.717) is 22.9 Å². The molecule has 4 rings (SSSR count). The molecule has 0 bridgehead atoms. The fourth-order valence-corrected chi connectivity index (χ4v) is 3.26. The first-order valence-corrected chi connectivity index (χ1v) is 7.43. The average Bonchev–Trinajstić information content (AvgIpc) is 2.87. The summed E-state index contributed by atoms with van der Waals surface area (Å²) in [4.78, 5) is 19.2. The maximum atomic E-state index is 12.7. The van der Waals surface area contributed by atoms with Crippen LogP contribution in [-0.2, 0) is 0 Å². The van der Waals surface area contributed by atoms with Gasteiger partial charge in [-0.3, -0.25) is 9.69 Å². The monoisotopic (exact) mass is 308 g/mol. The van der Waals surface area contributed by atoms with Crippen molar-refractivity contribution in [2.24, 2.45) is 4.99 Å². The van der Waals surface area contributed by atoms with Crippen molar-refractivity contribution in [2.45, 2.75) is 13.0 Å².